The number of esters is 2. The van der Waals surface area contributed by atoms with Crippen LogP contribution in [0.3, 0.4) is 0 Å². The number of amides is 1. The van der Waals surface area contributed by atoms with Crippen LogP contribution in [0.2, 0.25) is 0 Å². The summed E-state index contributed by atoms with van der Waals surface area (Å²) in [4.78, 5) is 43.4. The number of hydrogen-bond donors (Lipinski definition) is 5. The Balaban J connectivity index is 1.14. The fraction of sp³-hybridized carbons (Fsp3) is 0.796. The van der Waals surface area contributed by atoms with Crippen molar-refractivity contribution in [2.75, 3.05) is 26.3 Å². The Bertz CT molecular complexity index is 2030. The van der Waals surface area contributed by atoms with Gasteiger partial charge >= 0.3 is 11.9 Å². The number of hydrogen-bond acceptors (Lipinski definition) is 10. The molecule has 10 unspecified atom stereocenters. The van der Waals surface area contributed by atoms with Crippen molar-refractivity contribution in [1.82, 2.24) is 10.6 Å². The number of fused-ring (bicyclic) bond motifs is 4. The minimum absolute atomic E-state index is 0.00276. The Hall–Kier alpha value is -3.33. The third kappa shape index (κ3) is 7.52. The Morgan fingerprint density at radius 3 is 2.31 bits per heavy atom. The molecule has 0 bridgehead atoms. The van der Waals surface area contributed by atoms with E-state index in [9.17, 15) is 24.9 Å². The largest absolute Gasteiger partial charge is 0.504 e. The highest BCUT2D eigenvalue weighted by atomic mass is 16.6. The van der Waals surface area contributed by atoms with Crippen molar-refractivity contribution in [2.24, 2.45) is 45.3 Å². The molecule has 2 saturated heterocycles. The molecule has 356 valence electrons. The molecule has 11 heteroatoms. The number of phenols is 1. The molecule has 0 aromatic heterocycles. The minimum Gasteiger partial charge on any atom is -0.504 e. The van der Waals surface area contributed by atoms with Crippen LogP contribution in [-0.4, -0.2) is 83.3 Å². The van der Waals surface area contributed by atoms with Gasteiger partial charge in [-0.1, -0.05) is 63.4 Å². The lowest BCUT2D eigenvalue weighted by molar-refractivity contribution is -0.184. The van der Waals surface area contributed by atoms with Crippen molar-refractivity contribution in [2.45, 2.75) is 197 Å². The summed E-state index contributed by atoms with van der Waals surface area (Å²) in [6.07, 6.45) is 17.1. The molecule has 65 heavy (non-hydrogen) atoms. The van der Waals surface area contributed by atoms with E-state index in [0.717, 1.165) is 114 Å². The molecule has 11 nitrogen and oxygen atoms in total. The normalized spacial score (nSPS) is 36.9. The monoisotopic (exact) mass is 897 g/mol. The Labute approximate surface area is 386 Å². The highest BCUT2D eigenvalue weighted by molar-refractivity contribution is 5.93. The van der Waals surface area contributed by atoms with E-state index in [1.165, 1.54) is 6.92 Å². The molecular weight excluding hydrogens is 821 g/mol. The van der Waals surface area contributed by atoms with Crippen molar-refractivity contribution in [3.05, 3.63) is 23.3 Å². The van der Waals surface area contributed by atoms with Crippen LogP contribution in [0.1, 0.15) is 184 Å². The maximum Gasteiger partial charge on any atom is 0.332 e. The molecule has 6 aliphatic carbocycles. The van der Waals surface area contributed by atoms with E-state index in [0.29, 0.717) is 64.0 Å². The number of aliphatic hydroxyl groups excluding tert-OH is 2. The molecule has 3 aliphatic heterocycles. The maximum atomic E-state index is 15.7. The molecule has 10 rings (SSSR count). The fourth-order valence-electron chi connectivity index (χ4n) is 16.8. The van der Waals surface area contributed by atoms with Crippen molar-refractivity contribution in [1.29, 1.82) is 0 Å². The number of aliphatic hydroxyl groups is 2. The smallest absolute Gasteiger partial charge is 0.332 e. The number of carbonyl (C=O) groups is 3. The maximum absolute atomic E-state index is 15.7. The molecular formula is C54H76N2O9. The molecule has 6 fully saturated rings. The zero-order valence-electron chi connectivity index (χ0n) is 39.2. The molecule has 3 heterocycles. The average molecular weight is 897 g/mol. The first-order valence-corrected chi connectivity index (χ1v) is 26.1. The molecule has 1 aromatic rings. The summed E-state index contributed by atoms with van der Waals surface area (Å²) in [6.45, 7) is 5.29. The highest BCUT2D eigenvalue weighted by Crippen LogP contribution is 2.65. The van der Waals surface area contributed by atoms with Crippen LogP contribution >= 0.6 is 0 Å². The summed E-state index contributed by atoms with van der Waals surface area (Å²) < 4.78 is 20.4. The highest BCUT2D eigenvalue weighted by Gasteiger charge is 2.63. The van der Waals surface area contributed by atoms with E-state index in [1.807, 2.05) is 6.92 Å². The lowest BCUT2D eigenvalue weighted by atomic mass is 9.51. The topological polar surface area (TPSA) is 164 Å². The van der Waals surface area contributed by atoms with Crippen LogP contribution in [0.4, 0.5) is 0 Å². The summed E-state index contributed by atoms with van der Waals surface area (Å²) in [5, 5.41) is 41.5. The number of nitrogens with one attached hydrogen (secondary N) is 2. The van der Waals surface area contributed by atoms with Gasteiger partial charge in [-0.3, -0.25) is 9.59 Å². The number of benzene rings is 1. The van der Waals surface area contributed by atoms with Gasteiger partial charge in [0.2, 0.25) is 5.91 Å². The lowest BCUT2D eigenvalue weighted by Crippen LogP contribution is -2.69. The molecule has 2 spiro atoms. The predicted octanol–water partition coefficient (Wildman–Crippen LogP) is 8.11. The van der Waals surface area contributed by atoms with Gasteiger partial charge in [-0.25, -0.2) is 4.79 Å². The summed E-state index contributed by atoms with van der Waals surface area (Å²) >= 11 is 0. The first-order valence-electron chi connectivity index (χ1n) is 26.1. The average Bonchev–Trinajstić information content (AvgIpc) is 4.10. The summed E-state index contributed by atoms with van der Waals surface area (Å²) in [5.74, 6) is 7.22. The SMILES string of the molecule is CC(=O)OC1CC(C2(C(C)O)CCCC2)CC#CC2CC3c4c(ccc(O)c4OCC3C3(CO)CCCC3)C2C2(CCNCC2)C(OC(=O)C23CCCCC2CC2(CCCC2)C(=O)N3)C1. The molecule has 5 N–H and O–H groups in total. The molecule has 0 radical (unpaired) electrons. The first kappa shape index (κ1) is 45.5. The van der Waals surface area contributed by atoms with Gasteiger partial charge in [0.25, 0.3) is 0 Å². The van der Waals surface area contributed by atoms with E-state index in [-0.39, 0.29) is 83.0 Å². The zero-order chi connectivity index (χ0) is 45.2. The number of rotatable bonds is 7. The van der Waals surface area contributed by atoms with E-state index in [4.69, 9.17) is 14.2 Å². The first-order chi connectivity index (χ1) is 31.4. The van der Waals surface area contributed by atoms with Crippen LogP contribution in [-0.2, 0) is 23.9 Å². The van der Waals surface area contributed by atoms with Crippen molar-refractivity contribution in [3.8, 4) is 23.3 Å². The second-order valence-electron chi connectivity index (χ2n) is 23.0. The number of phenolic OH excluding ortho intramolecular Hbond substituents is 1. The van der Waals surface area contributed by atoms with Gasteiger partial charge < -0.3 is 40.2 Å². The second kappa shape index (κ2) is 17.6. The van der Waals surface area contributed by atoms with E-state index in [1.54, 1.807) is 6.07 Å². The van der Waals surface area contributed by atoms with Gasteiger partial charge in [-0.2, -0.15) is 0 Å². The van der Waals surface area contributed by atoms with Crippen LogP contribution in [0, 0.1) is 57.2 Å². The summed E-state index contributed by atoms with van der Waals surface area (Å²) in [7, 11) is 0. The van der Waals surface area contributed by atoms with Crippen molar-refractivity contribution in [3.63, 3.8) is 0 Å². The third-order valence-electron chi connectivity index (χ3n) is 20.1. The van der Waals surface area contributed by atoms with Gasteiger partial charge in [0.15, 0.2) is 11.5 Å². The lowest BCUT2D eigenvalue weighted by Gasteiger charge is -2.56. The minimum atomic E-state index is -1.13. The van der Waals surface area contributed by atoms with Gasteiger partial charge in [-0.05, 0) is 138 Å². The summed E-state index contributed by atoms with van der Waals surface area (Å²) in [5.41, 5.74) is -0.794. The van der Waals surface area contributed by atoms with E-state index in [2.05, 4.69) is 28.5 Å². The van der Waals surface area contributed by atoms with Crippen LogP contribution < -0.4 is 15.4 Å². The van der Waals surface area contributed by atoms with Crippen LogP contribution in [0.15, 0.2) is 12.1 Å². The molecule has 9 aliphatic rings. The van der Waals surface area contributed by atoms with E-state index < -0.39 is 34.7 Å². The fourth-order valence-corrected chi connectivity index (χ4v) is 16.8. The molecule has 1 amide bonds. The number of aromatic hydroxyl groups is 1. The number of piperidine rings is 2. The van der Waals surface area contributed by atoms with Gasteiger partial charge in [0.05, 0.1) is 12.7 Å². The molecule has 1 aromatic carbocycles. The van der Waals surface area contributed by atoms with Gasteiger partial charge in [0, 0.05) is 65.9 Å². The van der Waals surface area contributed by atoms with Gasteiger partial charge in [-0.15, -0.1) is 5.92 Å². The zero-order valence-corrected chi connectivity index (χ0v) is 39.2. The Morgan fingerprint density at radius 2 is 1.60 bits per heavy atom. The third-order valence-corrected chi connectivity index (χ3v) is 20.1. The Kier molecular flexibility index (Phi) is 12.3. The molecule has 4 saturated carbocycles. The predicted molar refractivity (Wildman–Crippen MR) is 245 cm³/mol. The number of ether oxygens (including phenoxy) is 3. The molecule has 10 atom stereocenters. The van der Waals surface area contributed by atoms with Crippen molar-refractivity contribution >= 4 is 17.8 Å². The second-order valence-corrected chi connectivity index (χ2v) is 23.0. The standard InChI is InChI=1S/C54H76N2O9/c1-34(58)52(21-9-10-22-52)37-14-11-12-36-28-41-42(51(33-57)19-7-8-20-51)32-63-47-43(60)16-15-40(45(41)47)46(36)53(24-26-55-27-25-53)44(30-39(29-37)64-35(2)59)65-49(62)54-23-4-3-13-38(54)31-50(48(61)56-54)17-5-6-18-50/h15-16,34,36-39,41-42,44,46,55,57-58,60H,3-10,13-14,17-33H2,1-2H3,(H,56,61). The van der Waals surface area contributed by atoms with E-state index >= 15 is 4.79 Å². The van der Waals surface area contributed by atoms with Crippen LogP contribution in [0.5, 0.6) is 11.5 Å². The Morgan fingerprint density at radius 1 is 0.892 bits per heavy atom. The number of carbonyl (C=O) groups excluding carboxylic acids is 3. The quantitative estimate of drug-likeness (QED) is 0.134. The van der Waals surface area contributed by atoms with Crippen LogP contribution in [0.25, 0.3) is 0 Å². The van der Waals surface area contributed by atoms with Gasteiger partial charge in [0.1, 0.15) is 17.7 Å². The summed E-state index contributed by atoms with van der Waals surface area (Å²) in [6, 6.07) is 3.85. The van der Waals surface area contributed by atoms with Crippen molar-refractivity contribution < 1.29 is 43.9 Å².